The van der Waals surface area contributed by atoms with Gasteiger partial charge < -0.3 is 14.5 Å². The zero-order valence-corrected chi connectivity index (χ0v) is 10.8. The van der Waals surface area contributed by atoms with Gasteiger partial charge in [0.1, 0.15) is 0 Å². The van der Waals surface area contributed by atoms with Gasteiger partial charge in [-0.1, -0.05) is 12.1 Å². The molecule has 0 radical (unpaired) electrons. The first-order valence-corrected chi connectivity index (χ1v) is 6.71. The largest absolute Gasteiger partial charge is 0.419 e. The van der Waals surface area contributed by atoms with E-state index in [9.17, 15) is 4.79 Å². The zero-order chi connectivity index (χ0) is 13.1. The fourth-order valence-electron chi connectivity index (χ4n) is 2.47. The van der Waals surface area contributed by atoms with Crippen LogP contribution >= 0.6 is 0 Å². The predicted molar refractivity (Wildman–Crippen MR) is 72.3 cm³/mol. The summed E-state index contributed by atoms with van der Waals surface area (Å²) < 4.78 is 12.2. The Morgan fingerprint density at radius 2 is 2.26 bits per heavy atom. The summed E-state index contributed by atoms with van der Waals surface area (Å²) in [6.07, 6.45) is 1.13. The maximum absolute atomic E-state index is 11.7. The molecule has 2 aromatic rings. The Hall–Kier alpha value is -1.59. The summed E-state index contributed by atoms with van der Waals surface area (Å²) in [5.74, 6) is 0.324. The Labute approximate surface area is 111 Å². The summed E-state index contributed by atoms with van der Waals surface area (Å²) in [6, 6.07) is 7.51. The number of ether oxygens (including phenoxy) is 1. The van der Waals surface area contributed by atoms with Gasteiger partial charge in [-0.3, -0.25) is 4.57 Å². The second kappa shape index (κ2) is 5.59. The monoisotopic (exact) mass is 262 g/mol. The molecule has 0 spiro atoms. The number of nitrogens with zero attached hydrogens (tertiary/aromatic N) is 1. The minimum absolute atomic E-state index is 0.285. The highest BCUT2D eigenvalue weighted by Crippen LogP contribution is 2.12. The van der Waals surface area contributed by atoms with Crippen molar-refractivity contribution in [2.24, 2.45) is 5.92 Å². The molecule has 1 aromatic heterocycles. The first-order valence-electron chi connectivity index (χ1n) is 6.71. The summed E-state index contributed by atoms with van der Waals surface area (Å²) in [5.41, 5.74) is 1.51. The van der Waals surface area contributed by atoms with Gasteiger partial charge in [-0.2, -0.15) is 0 Å². The van der Waals surface area contributed by atoms with Gasteiger partial charge in [-0.15, -0.1) is 0 Å². The molecule has 1 aliphatic heterocycles. The van der Waals surface area contributed by atoms with Gasteiger partial charge in [0.05, 0.1) is 12.1 Å². The number of aromatic nitrogens is 1. The van der Waals surface area contributed by atoms with Crippen LogP contribution in [0.1, 0.15) is 6.42 Å². The van der Waals surface area contributed by atoms with E-state index in [-0.39, 0.29) is 5.76 Å². The van der Waals surface area contributed by atoms with Crippen molar-refractivity contribution in [1.29, 1.82) is 0 Å². The minimum Gasteiger partial charge on any atom is -0.408 e. The number of rotatable bonds is 5. The molecule has 1 fully saturated rings. The van der Waals surface area contributed by atoms with Crippen molar-refractivity contribution in [3.63, 3.8) is 0 Å². The van der Waals surface area contributed by atoms with E-state index >= 15 is 0 Å². The van der Waals surface area contributed by atoms with E-state index in [0.29, 0.717) is 18.0 Å². The number of oxazole rings is 1. The first-order chi connectivity index (χ1) is 9.34. The third kappa shape index (κ3) is 2.72. The molecule has 1 aliphatic rings. The standard InChI is InChI=1S/C14H18N2O3/c17-14-16(12-3-1-2-4-13(12)19-14)7-6-15-9-11-5-8-18-10-11/h1-4,11,15H,5-10H2. The molecule has 0 saturated carbocycles. The lowest BCUT2D eigenvalue weighted by Crippen LogP contribution is -2.28. The van der Waals surface area contributed by atoms with Crippen LogP contribution in [0.25, 0.3) is 11.1 Å². The summed E-state index contributed by atoms with van der Waals surface area (Å²) in [5, 5.41) is 3.38. The SMILES string of the molecule is O=c1oc2ccccc2n1CCNCC1CCOC1. The van der Waals surface area contributed by atoms with E-state index < -0.39 is 0 Å². The van der Waals surface area contributed by atoms with Crippen LogP contribution in [0.2, 0.25) is 0 Å². The molecule has 1 saturated heterocycles. The number of fused-ring (bicyclic) bond motifs is 1. The van der Waals surface area contributed by atoms with Crippen molar-refractivity contribution < 1.29 is 9.15 Å². The predicted octanol–water partition coefficient (Wildman–Crippen LogP) is 1.22. The van der Waals surface area contributed by atoms with Crippen LogP contribution in [0, 0.1) is 5.92 Å². The van der Waals surface area contributed by atoms with Crippen LogP contribution in [-0.4, -0.2) is 30.9 Å². The summed E-state index contributed by atoms with van der Waals surface area (Å²) in [4.78, 5) is 11.7. The van der Waals surface area contributed by atoms with Gasteiger partial charge in [0.2, 0.25) is 0 Å². The van der Waals surface area contributed by atoms with Crippen LogP contribution in [0.5, 0.6) is 0 Å². The Morgan fingerprint density at radius 1 is 1.37 bits per heavy atom. The summed E-state index contributed by atoms with van der Waals surface area (Å²) in [6.45, 7) is 4.06. The topological polar surface area (TPSA) is 56.4 Å². The lowest BCUT2D eigenvalue weighted by Gasteiger charge is -2.09. The highest BCUT2D eigenvalue weighted by molar-refractivity contribution is 5.72. The zero-order valence-electron chi connectivity index (χ0n) is 10.8. The van der Waals surface area contributed by atoms with E-state index in [1.807, 2.05) is 24.3 Å². The van der Waals surface area contributed by atoms with Gasteiger partial charge in [0.15, 0.2) is 5.58 Å². The molecular weight excluding hydrogens is 244 g/mol. The average molecular weight is 262 g/mol. The smallest absolute Gasteiger partial charge is 0.408 e. The molecule has 1 unspecified atom stereocenters. The Bertz CT molecular complexity index is 596. The average Bonchev–Trinajstić information content (AvgIpc) is 3.02. The van der Waals surface area contributed by atoms with E-state index in [1.54, 1.807) is 4.57 Å². The van der Waals surface area contributed by atoms with Gasteiger partial charge >= 0.3 is 5.76 Å². The molecule has 5 heteroatoms. The molecule has 3 rings (SSSR count). The number of nitrogens with one attached hydrogen (secondary N) is 1. The molecule has 19 heavy (non-hydrogen) atoms. The Morgan fingerprint density at radius 3 is 3.11 bits per heavy atom. The molecule has 102 valence electrons. The summed E-state index contributed by atoms with van der Waals surface area (Å²) in [7, 11) is 0. The Balaban J connectivity index is 1.59. The number of para-hydroxylation sites is 2. The van der Waals surface area contributed by atoms with Crippen LogP contribution in [0.3, 0.4) is 0 Å². The maximum Gasteiger partial charge on any atom is 0.419 e. The quantitative estimate of drug-likeness (QED) is 0.823. The minimum atomic E-state index is -0.285. The van der Waals surface area contributed by atoms with Gasteiger partial charge in [0, 0.05) is 26.2 Å². The summed E-state index contributed by atoms with van der Waals surface area (Å²) >= 11 is 0. The third-order valence-electron chi connectivity index (χ3n) is 3.54. The fraction of sp³-hybridized carbons (Fsp3) is 0.500. The van der Waals surface area contributed by atoms with Crippen molar-refractivity contribution in [3.8, 4) is 0 Å². The molecule has 1 aromatic carbocycles. The second-order valence-electron chi connectivity index (χ2n) is 4.92. The van der Waals surface area contributed by atoms with Gasteiger partial charge in [-0.25, -0.2) is 4.79 Å². The highest BCUT2D eigenvalue weighted by Gasteiger charge is 2.14. The number of benzene rings is 1. The van der Waals surface area contributed by atoms with Crippen molar-refractivity contribution in [3.05, 3.63) is 34.8 Å². The lowest BCUT2D eigenvalue weighted by atomic mass is 10.1. The first kappa shape index (κ1) is 12.4. The van der Waals surface area contributed by atoms with Crippen LogP contribution < -0.4 is 11.1 Å². The van der Waals surface area contributed by atoms with Crippen molar-refractivity contribution in [2.45, 2.75) is 13.0 Å². The van der Waals surface area contributed by atoms with Crippen LogP contribution in [-0.2, 0) is 11.3 Å². The molecular formula is C14H18N2O3. The molecule has 5 nitrogen and oxygen atoms in total. The van der Waals surface area contributed by atoms with Gasteiger partial charge in [-0.05, 0) is 24.5 Å². The normalized spacial score (nSPS) is 19.3. The third-order valence-corrected chi connectivity index (χ3v) is 3.54. The second-order valence-corrected chi connectivity index (χ2v) is 4.92. The number of hydrogen-bond acceptors (Lipinski definition) is 4. The van der Waals surface area contributed by atoms with Gasteiger partial charge in [0.25, 0.3) is 0 Å². The van der Waals surface area contributed by atoms with E-state index in [2.05, 4.69) is 5.32 Å². The van der Waals surface area contributed by atoms with E-state index in [4.69, 9.17) is 9.15 Å². The van der Waals surface area contributed by atoms with Crippen LogP contribution in [0.15, 0.2) is 33.5 Å². The van der Waals surface area contributed by atoms with Crippen molar-refractivity contribution >= 4 is 11.1 Å². The van der Waals surface area contributed by atoms with Crippen molar-refractivity contribution in [1.82, 2.24) is 9.88 Å². The fourth-order valence-corrected chi connectivity index (χ4v) is 2.47. The number of hydrogen-bond donors (Lipinski definition) is 1. The molecule has 0 amide bonds. The molecule has 1 atom stereocenters. The van der Waals surface area contributed by atoms with Crippen molar-refractivity contribution in [2.75, 3.05) is 26.3 Å². The highest BCUT2D eigenvalue weighted by atomic mass is 16.5. The van der Waals surface area contributed by atoms with E-state index in [1.165, 1.54) is 0 Å². The van der Waals surface area contributed by atoms with E-state index in [0.717, 1.165) is 38.2 Å². The Kier molecular flexibility index (Phi) is 3.66. The molecule has 0 bridgehead atoms. The van der Waals surface area contributed by atoms with Crippen LogP contribution in [0.4, 0.5) is 0 Å². The lowest BCUT2D eigenvalue weighted by molar-refractivity contribution is 0.185. The molecule has 1 N–H and O–H groups in total. The maximum atomic E-state index is 11.7. The molecule has 0 aliphatic carbocycles. The molecule has 2 heterocycles.